The Balaban J connectivity index is 1.08. The van der Waals surface area contributed by atoms with E-state index in [0.29, 0.717) is 30.3 Å². The first-order valence-electron chi connectivity index (χ1n) is 11.6. The second-order valence-corrected chi connectivity index (χ2v) is 8.95. The van der Waals surface area contributed by atoms with Crippen LogP contribution in [0.5, 0.6) is 0 Å². The number of pyridine rings is 2. The van der Waals surface area contributed by atoms with E-state index in [4.69, 9.17) is 0 Å². The summed E-state index contributed by atoms with van der Waals surface area (Å²) in [6.45, 7) is 2.55. The Morgan fingerprint density at radius 3 is 2.62 bits per heavy atom. The van der Waals surface area contributed by atoms with Crippen molar-refractivity contribution < 1.29 is 4.79 Å². The van der Waals surface area contributed by atoms with Crippen LogP contribution >= 0.6 is 0 Å². The molecule has 0 spiro atoms. The van der Waals surface area contributed by atoms with Gasteiger partial charge in [0.05, 0.1) is 29.6 Å². The summed E-state index contributed by atoms with van der Waals surface area (Å²) in [6.07, 6.45) is 6.45. The summed E-state index contributed by atoms with van der Waals surface area (Å²) in [4.78, 5) is 32.5. The largest absolute Gasteiger partial charge is 0.367 e. The molecule has 3 aromatic heterocycles. The number of hydrogen-bond acceptors (Lipinski definition) is 7. The van der Waals surface area contributed by atoms with Gasteiger partial charge >= 0.3 is 0 Å². The minimum atomic E-state index is -0.0750. The maximum atomic E-state index is 12.6. The Morgan fingerprint density at radius 2 is 1.79 bits per heavy atom. The Bertz CT molecular complexity index is 1370. The van der Waals surface area contributed by atoms with Crippen LogP contribution in [0.1, 0.15) is 41.0 Å². The van der Waals surface area contributed by atoms with E-state index in [1.807, 2.05) is 49.4 Å². The quantitative estimate of drug-likeness (QED) is 0.466. The molecule has 1 saturated carbocycles. The van der Waals surface area contributed by atoms with Gasteiger partial charge in [0.2, 0.25) is 5.95 Å². The van der Waals surface area contributed by atoms with Crippen molar-refractivity contribution in [3.05, 3.63) is 77.9 Å². The van der Waals surface area contributed by atoms with Gasteiger partial charge in [-0.2, -0.15) is 0 Å². The standard InChI is InChI=1S/C26H25N7O/c1-16-21-6-2-3-7-22(21)32-26(29-16)31-19-9-8-18(13-19)30-23-11-10-20(14-28-23)33-15-17-5-4-12-27-24(17)25(33)34/h2-7,10-12,14,18-19H,8-9,13,15H2,1H3,(H,28,30)(H,29,31,32)/t18-,19-/m0/s1. The Labute approximate surface area is 197 Å². The van der Waals surface area contributed by atoms with Crippen molar-refractivity contribution in [2.24, 2.45) is 0 Å². The first-order chi connectivity index (χ1) is 16.6. The van der Waals surface area contributed by atoms with Crippen molar-refractivity contribution in [1.29, 1.82) is 0 Å². The van der Waals surface area contributed by atoms with Crippen LogP contribution in [0.4, 0.5) is 17.5 Å². The van der Waals surface area contributed by atoms with E-state index in [0.717, 1.165) is 52.9 Å². The summed E-state index contributed by atoms with van der Waals surface area (Å²) in [5.41, 5.74) is 4.21. The molecule has 34 heavy (non-hydrogen) atoms. The number of carbonyl (C=O) groups excluding carboxylic acids is 1. The van der Waals surface area contributed by atoms with Gasteiger partial charge in [-0.25, -0.2) is 15.0 Å². The van der Waals surface area contributed by atoms with Crippen LogP contribution in [0.25, 0.3) is 10.9 Å². The number of aryl methyl sites for hydroxylation is 1. The second kappa shape index (κ2) is 8.37. The van der Waals surface area contributed by atoms with Gasteiger partial charge in [-0.05, 0) is 50.5 Å². The number of fused-ring (bicyclic) bond motifs is 2. The minimum Gasteiger partial charge on any atom is -0.367 e. The van der Waals surface area contributed by atoms with E-state index in [1.165, 1.54) is 0 Å². The molecule has 8 heteroatoms. The number of aromatic nitrogens is 4. The highest BCUT2D eigenvalue weighted by atomic mass is 16.2. The third-order valence-corrected chi connectivity index (χ3v) is 6.64. The zero-order valence-corrected chi connectivity index (χ0v) is 18.9. The maximum absolute atomic E-state index is 12.6. The molecule has 2 N–H and O–H groups in total. The first kappa shape index (κ1) is 20.5. The van der Waals surface area contributed by atoms with E-state index < -0.39 is 0 Å². The van der Waals surface area contributed by atoms with Gasteiger partial charge in [-0.15, -0.1) is 0 Å². The average molecular weight is 452 g/mol. The van der Waals surface area contributed by atoms with Crippen molar-refractivity contribution in [1.82, 2.24) is 19.9 Å². The molecule has 1 amide bonds. The number of anilines is 3. The van der Waals surface area contributed by atoms with Crippen LogP contribution in [-0.4, -0.2) is 37.9 Å². The fourth-order valence-electron chi connectivity index (χ4n) is 4.90. The predicted octanol–water partition coefficient (Wildman–Crippen LogP) is 4.33. The summed E-state index contributed by atoms with van der Waals surface area (Å²) in [5, 5.41) is 8.14. The molecule has 0 radical (unpaired) electrons. The Hall–Kier alpha value is -4.07. The van der Waals surface area contributed by atoms with Crippen LogP contribution < -0.4 is 15.5 Å². The molecular formula is C26H25N7O. The van der Waals surface area contributed by atoms with Crippen molar-refractivity contribution in [3.63, 3.8) is 0 Å². The number of benzene rings is 1. The van der Waals surface area contributed by atoms with Gasteiger partial charge in [0.15, 0.2) is 0 Å². The number of hydrogen-bond donors (Lipinski definition) is 2. The molecule has 6 rings (SSSR count). The third kappa shape index (κ3) is 3.81. The molecule has 1 fully saturated rings. The normalized spacial score (nSPS) is 19.4. The van der Waals surface area contributed by atoms with Crippen molar-refractivity contribution in [2.45, 2.75) is 44.8 Å². The van der Waals surface area contributed by atoms with Gasteiger partial charge in [0.25, 0.3) is 5.91 Å². The topological polar surface area (TPSA) is 95.9 Å². The van der Waals surface area contributed by atoms with Gasteiger partial charge in [-0.3, -0.25) is 9.78 Å². The van der Waals surface area contributed by atoms with Crippen LogP contribution in [-0.2, 0) is 6.54 Å². The fourth-order valence-corrected chi connectivity index (χ4v) is 4.90. The number of amides is 1. The van der Waals surface area contributed by atoms with Crippen molar-refractivity contribution >= 4 is 34.3 Å². The van der Waals surface area contributed by atoms with Gasteiger partial charge in [0.1, 0.15) is 11.5 Å². The Kier molecular flexibility index (Phi) is 5.05. The highest BCUT2D eigenvalue weighted by Crippen LogP contribution is 2.29. The predicted molar refractivity (Wildman–Crippen MR) is 132 cm³/mol. The number of nitrogens with zero attached hydrogens (tertiary/aromatic N) is 5. The monoisotopic (exact) mass is 451 g/mol. The molecule has 8 nitrogen and oxygen atoms in total. The van der Waals surface area contributed by atoms with E-state index in [9.17, 15) is 4.79 Å². The van der Waals surface area contributed by atoms with Crippen LogP contribution in [0.3, 0.4) is 0 Å². The molecule has 1 aliphatic carbocycles. The number of nitrogens with one attached hydrogen (secondary N) is 2. The molecule has 2 atom stereocenters. The Morgan fingerprint density at radius 1 is 0.941 bits per heavy atom. The lowest BCUT2D eigenvalue weighted by Gasteiger charge is -2.18. The lowest BCUT2D eigenvalue weighted by Crippen LogP contribution is -2.24. The molecule has 170 valence electrons. The fraction of sp³-hybridized carbons (Fsp3) is 0.269. The van der Waals surface area contributed by atoms with E-state index in [1.54, 1.807) is 17.3 Å². The third-order valence-electron chi connectivity index (χ3n) is 6.64. The average Bonchev–Trinajstić information content (AvgIpc) is 3.43. The summed E-state index contributed by atoms with van der Waals surface area (Å²) in [5.74, 6) is 1.43. The molecule has 0 bridgehead atoms. The van der Waals surface area contributed by atoms with E-state index >= 15 is 0 Å². The van der Waals surface area contributed by atoms with E-state index in [-0.39, 0.29) is 5.91 Å². The van der Waals surface area contributed by atoms with Crippen molar-refractivity contribution in [3.8, 4) is 0 Å². The zero-order chi connectivity index (χ0) is 23.1. The lowest BCUT2D eigenvalue weighted by molar-refractivity contribution is 0.0992. The number of para-hydroxylation sites is 1. The molecule has 4 heterocycles. The smallest absolute Gasteiger partial charge is 0.277 e. The second-order valence-electron chi connectivity index (χ2n) is 8.95. The summed E-state index contributed by atoms with van der Waals surface area (Å²) < 4.78 is 0. The highest BCUT2D eigenvalue weighted by Gasteiger charge is 2.30. The molecule has 0 saturated heterocycles. The molecular weight excluding hydrogens is 426 g/mol. The molecule has 0 unspecified atom stereocenters. The molecule has 4 aromatic rings. The number of carbonyl (C=O) groups is 1. The van der Waals surface area contributed by atoms with E-state index in [2.05, 4.69) is 36.6 Å². The maximum Gasteiger partial charge on any atom is 0.277 e. The first-order valence-corrected chi connectivity index (χ1v) is 11.6. The number of rotatable bonds is 5. The van der Waals surface area contributed by atoms with Gasteiger partial charge < -0.3 is 15.5 Å². The summed E-state index contributed by atoms with van der Waals surface area (Å²) >= 11 is 0. The van der Waals surface area contributed by atoms with Crippen LogP contribution in [0.2, 0.25) is 0 Å². The minimum absolute atomic E-state index is 0.0750. The van der Waals surface area contributed by atoms with Gasteiger partial charge in [-0.1, -0.05) is 24.3 Å². The molecule has 1 aliphatic heterocycles. The SMILES string of the molecule is Cc1nc(N[C@H]2CC[C@H](Nc3ccc(N4Cc5cccnc5C4=O)cn3)C2)nc2ccccc12. The van der Waals surface area contributed by atoms with Gasteiger partial charge in [0, 0.05) is 29.2 Å². The zero-order valence-electron chi connectivity index (χ0n) is 18.9. The van der Waals surface area contributed by atoms with Crippen LogP contribution in [0, 0.1) is 6.92 Å². The summed E-state index contributed by atoms with van der Waals surface area (Å²) in [7, 11) is 0. The highest BCUT2D eigenvalue weighted by molar-refractivity contribution is 6.08. The van der Waals surface area contributed by atoms with Crippen LogP contribution in [0.15, 0.2) is 60.9 Å². The lowest BCUT2D eigenvalue weighted by atomic mass is 10.2. The molecule has 1 aromatic carbocycles. The van der Waals surface area contributed by atoms with Crippen molar-refractivity contribution in [2.75, 3.05) is 15.5 Å². The molecule has 2 aliphatic rings. The summed E-state index contributed by atoms with van der Waals surface area (Å²) in [6, 6.07) is 16.4.